The average Bonchev–Trinajstić information content (AvgIpc) is 3.34. The van der Waals surface area contributed by atoms with E-state index in [1.807, 2.05) is 25.1 Å². The van der Waals surface area contributed by atoms with Gasteiger partial charge in [0.25, 0.3) is 11.8 Å². The largest absolute Gasteiger partial charge is 0.482 e. The molecule has 0 fully saturated rings. The van der Waals surface area contributed by atoms with Gasteiger partial charge in [-0.3, -0.25) is 14.5 Å². The maximum atomic E-state index is 12.3. The molecule has 3 aromatic rings. The van der Waals surface area contributed by atoms with Gasteiger partial charge in [-0.15, -0.1) is 11.3 Å². The zero-order valence-electron chi connectivity index (χ0n) is 14.6. The number of ether oxygens (including phenoxy) is 1. The van der Waals surface area contributed by atoms with Gasteiger partial charge in [0.2, 0.25) is 0 Å². The monoisotopic (exact) mass is 383 g/mol. The normalized spacial score (nSPS) is 13.2. The Bertz CT molecular complexity index is 981. The summed E-state index contributed by atoms with van der Waals surface area (Å²) >= 11 is 1.34. The van der Waals surface area contributed by atoms with Crippen LogP contribution in [-0.2, 0) is 17.9 Å². The van der Waals surface area contributed by atoms with Crippen molar-refractivity contribution in [3.8, 4) is 5.75 Å². The Morgan fingerprint density at radius 1 is 1.37 bits per heavy atom. The fourth-order valence-electron chi connectivity index (χ4n) is 2.78. The number of rotatable bonds is 5. The number of hydrogen-bond acceptors (Lipinski definition) is 6. The predicted octanol–water partition coefficient (Wildman–Crippen LogP) is 2.90. The highest BCUT2D eigenvalue weighted by molar-refractivity contribution is 7.09. The van der Waals surface area contributed by atoms with Crippen molar-refractivity contribution in [1.82, 2.24) is 10.3 Å². The molecule has 0 atom stereocenters. The summed E-state index contributed by atoms with van der Waals surface area (Å²) in [6.07, 6.45) is 1.56. The van der Waals surface area contributed by atoms with Gasteiger partial charge in [-0.2, -0.15) is 0 Å². The number of aryl methyl sites for hydroxylation is 1. The minimum atomic E-state index is -0.279. The molecule has 2 amide bonds. The zero-order chi connectivity index (χ0) is 18.8. The predicted molar refractivity (Wildman–Crippen MR) is 99.9 cm³/mol. The maximum Gasteiger partial charge on any atom is 0.271 e. The molecule has 27 heavy (non-hydrogen) atoms. The molecule has 0 saturated heterocycles. The lowest BCUT2D eigenvalue weighted by atomic mass is 10.1. The number of hydrogen-bond donors (Lipinski definition) is 1. The van der Waals surface area contributed by atoms with Crippen LogP contribution in [0.5, 0.6) is 5.75 Å². The van der Waals surface area contributed by atoms with Gasteiger partial charge in [0, 0.05) is 5.38 Å². The van der Waals surface area contributed by atoms with Crippen LogP contribution in [0.3, 0.4) is 0 Å². The number of thiazole rings is 1. The molecule has 8 heteroatoms. The third-order valence-corrected chi connectivity index (χ3v) is 4.97. The minimum absolute atomic E-state index is 0.00167. The second kappa shape index (κ2) is 7.24. The van der Waals surface area contributed by atoms with Crippen LogP contribution >= 0.6 is 11.3 Å². The van der Waals surface area contributed by atoms with Gasteiger partial charge in [0.15, 0.2) is 6.61 Å². The Kier molecular flexibility index (Phi) is 4.64. The van der Waals surface area contributed by atoms with E-state index in [1.165, 1.54) is 11.3 Å². The average molecular weight is 383 g/mol. The molecule has 7 nitrogen and oxygen atoms in total. The Balaban J connectivity index is 1.46. The number of carbonyl (C=O) groups excluding carboxylic acids is 2. The molecular weight excluding hydrogens is 366 g/mol. The molecular formula is C19H17N3O4S. The number of amides is 2. The van der Waals surface area contributed by atoms with E-state index in [2.05, 4.69) is 10.3 Å². The first-order valence-corrected chi connectivity index (χ1v) is 9.27. The quantitative estimate of drug-likeness (QED) is 0.732. The molecule has 0 bridgehead atoms. The van der Waals surface area contributed by atoms with Crippen LogP contribution < -0.4 is 15.0 Å². The number of nitrogens with one attached hydrogen (secondary N) is 1. The van der Waals surface area contributed by atoms with Crippen LogP contribution in [0.2, 0.25) is 0 Å². The number of anilines is 1. The summed E-state index contributed by atoms with van der Waals surface area (Å²) in [5.41, 5.74) is 2.11. The smallest absolute Gasteiger partial charge is 0.271 e. The number of nitrogens with zero attached hydrogens (tertiary/aromatic N) is 2. The van der Waals surface area contributed by atoms with E-state index in [1.54, 1.807) is 28.7 Å². The van der Waals surface area contributed by atoms with E-state index in [0.29, 0.717) is 35.3 Å². The molecule has 2 aromatic heterocycles. The molecule has 0 aliphatic carbocycles. The van der Waals surface area contributed by atoms with Crippen molar-refractivity contribution in [2.75, 3.05) is 11.5 Å². The number of furan rings is 1. The standard InChI is InChI=1S/C19H17N3O4S/c1-12-4-5-15-16(7-12)26-10-18(23)22(15)9-17-21-14(11-27-17)19(24)20-8-13-3-2-6-25-13/h2-7,11H,8-10H2,1H3,(H,20,24). The second-order valence-electron chi connectivity index (χ2n) is 6.13. The first-order chi connectivity index (χ1) is 13.1. The highest BCUT2D eigenvalue weighted by atomic mass is 32.1. The van der Waals surface area contributed by atoms with E-state index in [0.717, 1.165) is 11.3 Å². The Labute approximate surface area is 159 Å². The molecule has 1 N–H and O–H groups in total. The topological polar surface area (TPSA) is 84.7 Å². The fourth-order valence-corrected chi connectivity index (χ4v) is 3.54. The Morgan fingerprint density at radius 3 is 3.07 bits per heavy atom. The van der Waals surface area contributed by atoms with Gasteiger partial charge >= 0.3 is 0 Å². The van der Waals surface area contributed by atoms with E-state index >= 15 is 0 Å². The van der Waals surface area contributed by atoms with Crippen molar-refractivity contribution in [1.29, 1.82) is 0 Å². The van der Waals surface area contributed by atoms with Crippen molar-refractivity contribution < 1.29 is 18.7 Å². The lowest BCUT2D eigenvalue weighted by molar-refractivity contribution is -0.121. The van der Waals surface area contributed by atoms with Crippen LogP contribution in [0.1, 0.15) is 26.8 Å². The minimum Gasteiger partial charge on any atom is -0.482 e. The zero-order valence-corrected chi connectivity index (χ0v) is 15.4. The SMILES string of the molecule is Cc1ccc2c(c1)OCC(=O)N2Cc1nc(C(=O)NCc2ccco2)cs1. The Hall–Kier alpha value is -3.13. The van der Waals surface area contributed by atoms with Crippen LogP contribution in [0.15, 0.2) is 46.4 Å². The summed E-state index contributed by atoms with van der Waals surface area (Å²) < 4.78 is 10.7. The molecule has 0 unspecified atom stereocenters. The highest BCUT2D eigenvalue weighted by Gasteiger charge is 2.26. The van der Waals surface area contributed by atoms with E-state index < -0.39 is 0 Å². The molecule has 1 aromatic carbocycles. The number of fused-ring (bicyclic) bond motifs is 1. The van der Waals surface area contributed by atoms with Crippen molar-refractivity contribution in [3.63, 3.8) is 0 Å². The van der Waals surface area contributed by atoms with Gasteiger partial charge < -0.3 is 14.5 Å². The molecule has 0 saturated carbocycles. The fraction of sp³-hybridized carbons (Fsp3) is 0.211. The molecule has 4 rings (SSSR count). The lowest BCUT2D eigenvalue weighted by Crippen LogP contribution is -2.38. The van der Waals surface area contributed by atoms with Crippen molar-refractivity contribution in [2.45, 2.75) is 20.0 Å². The second-order valence-corrected chi connectivity index (χ2v) is 7.07. The first kappa shape index (κ1) is 17.3. The van der Waals surface area contributed by atoms with Crippen LogP contribution in [0.4, 0.5) is 5.69 Å². The van der Waals surface area contributed by atoms with Crippen molar-refractivity contribution >= 4 is 28.8 Å². The summed E-state index contributed by atoms with van der Waals surface area (Å²) in [5, 5.41) is 5.13. The van der Waals surface area contributed by atoms with E-state index in [4.69, 9.17) is 9.15 Å². The third-order valence-electron chi connectivity index (χ3n) is 4.14. The third kappa shape index (κ3) is 3.70. The summed E-state index contributed by atoms with van der Waals surface area (Å²) in [5.74, 6) is 0.941. The lowest BCUT2D eigenvalue weighted by Gasteiger charge is -2.28. The summed E-state index contributed by atoms with van der Waals surface area (Å²) in [7, 11) is 0. The van der Waals surface area contributed by atoms with E-state index in [-0.39, 0.29) is 18.4 Å². The molecule has 3 heterocycles. The molecule has 0 spiro atoms. The van der Waals surface area contributed by atoms with Crippen LogP contribution in [0.25, 0.3) is 0 Å². The number of benzene rings is 1. The van der Waals surface area contributed by atoms with Crippen LogP contribution in [0, 0.1) is 6.92 Å². The van der Waals surface area contributed by atoms with Crippen molar-refractivity contribution in [3.05, 3.63) is 64.0 Å². The summed E-state index contributed by atoms with van der Waals surface area (Å²) in [6, 6.07) is 9.26. The van der Waals surface area contributed by atoms with Gasteiger partial charge in [0.05, 0.1) is 25.0 Å². The summed E-state index contributed by atoms with van der Waals surface area (Å²) in [6.45, 7) is 2.57. The molecule has 1 aliphatic rings. The Morgan fingerprint density at radius 2 is 2.26 bits per heavy atom. The molecule has 138 valence electrons. The van der Waals surface area contributed by atoms with Gasteiger partial charge in [-0.25, -0.2) is 4.98 Å². The number of aromatic nitrogens is 1. The van der Waals surface area contributed by atoms with Crippen molar-refractivity contribution in [2.24, 2.45) is 0 Å². The molecule has 1 aliphatic heterocycles. The van der Waals surface area contributed by atoms with Crippen LogP contribution in [-0.4, -0.2) is 23.4 Å². The number of carbonyl (C=O) groups is 2. The highest BCUT2D eigenvalue weighted by Crippen LogP contribution is 2.34. The molecule has 0 radical (unpaired) electrons. The maximum absolute atomic E-state index is 12.3. The first-order valence-electron chi connectivity index (χ1n) is 8.39. The van der Waals surface area contributed by atoms with Gasteiger partial charge in [-0.1, -0.05) is 6.07 Å². The van der Waals surface area contributed by atoms with Gasteiger partial charge in [-0.05, 0) is 36.8 Å². The summed E-state index contributed by atoms with van der Waals surface area (Å²) in [4.78, 5) is 30.6. The van der Waals surface area contributed by atoms with E-state index in [9.17, 15) is 9.59 Å². The van der Waals surface area contributed by atoms with Gasteiger partial charge in [0.1, 0.15) is 22.2 Å².